The average Bonchev–Trinajstić information content (AvgIpc) is 0.722. The molecule has 0 amide bonds. The molecule has 0 aliphatic heterocycles. The normalized spacial score (nSPS) is 8.43. The van der Waals surface area contributed by atoms with Crippen molar-refractivity contribution in [2.75, 3.05) is 0 Å². The van der Waals surface area contributed by atoms with Gasteiger partial charge in [0.1, 0.15) is 0 Å². The van der Waals surface area contributed by atoms with Crippen molar-refractivity contribution in [3.63, 3.8) is 0 Å². The average molecular weight is 255 g/mol. The Labute approximate surface area is 57.9 Å². The van der Waals surface area contributed by atoms with Gasteiger partial charge in [-0.1, -0.05) is 0 Å². The second-order valence-corrected chi connectivity index (χ2v) is 2.67. The van der Waals surface area contributed by atoms with Crippen LogP contribution in [0.2, 0.25) is 0 Å². The maximum atomic E-state index is 8.94. The van der Waals surface area contributed by atoms with Crippen LogP contribution in [-0.2, 0) is 24.8 Å². The van der Waals surface area contributed by atoms with E-state index in [1.165, 1.54) is 0 Å². The van der Waals surface area contributed by atoms with Crippen LogP contribution in [0.25, 0.3) is 0 Å². The molecule has 0 atom stereocenters. The molecule has 0 radical (unpaired) electrons. The Bertz CT molecular complexity index is 57.8. The van der Waals surface area contributed by atoms with Crippen molar-refractivity contribution in [1.29, 1.82) is 0 Å². The fourth-order valence-electron chi connectivity index (χ4n) is 0. The second kappa shape index (κ2) is 5.03. The summed E-state index contributed by atoms with van der Waals surface area (Å²) in [7, 11) is 0. The summed E-state index contributed by atoms with van der Waals surface area (Å²) in [6, 6.07) is 0. The van der Waals surface area contributed by atoms with E-state index in [0.29, 0.717) is 0 Å². The molecule has 0 aromatic heterocycles. The summed E-state index contributed by atoms with van der Waals surface area (Å²) in [6.45, 7) is 0. The third-order valence-corrected chi connectivity index (χ3v) is 0. The Kier molecular flexibility index (Phi) is 11.3. The molecular weight excluding hydrogens is 249 g/mol. The number of rotatable bonds is 0. The van der Waals surface area contributed by atoms with E-state index in [2.05, 4.69) is 0 Å². The van der Waals surface area contributed by atoms with Crippen molar-refractivity contribution in [2.45, 2.75) is 0 Å². The third kappa shape index (κ3) is 209. The van der Waals surface area contributed by atoms with Crippen LogP contribution >= 0.6 is 0 Å². The third-order valence-electron chi connectivity index (χ3n) is 0. The first kappa shape index (κ1) is 15.7. The summed E-state index contributed by atoms with van der Waals surface area (Å²) in [6.07, 6.45) is 0. The number of hydrogen-bond donors (Lipinski definition) is 4. The van der Waals surface area contributed by atoms with E-state index in [1.54, 1.807) is 0 Å². The van der Waals surface area contributed by atoms with Crippen LogP contribution in [-0.4, -0.2) is 26.8 Å². The second-order valence-electron chi connectivity index (χ2n) is 0.513. The molecule has 0 rings (SSSR count). The van der Waals surface area contributed by atoms with Gasteiger partial charge in [0, 0.05) is 21.1 Å². The van der Waals surface area contributed by atoms with Crippen LogP contribution in [0.15, 0.2) is 0 Å². The van der Waals surface area contributed by atoms with Gasteiger partial charge in [-0.2, -0.15) is 0 Å². The molecule has 7 heavy (non-hydrogen) atoms. The van der Waals surface area contributed by atoms with Gasteiger partial charge in [-0.05, 0) is 0 Å². The van der Waals surface area contributed by atoms with Gasteiger partial charge in [0.2, 0.25) is 0 Å². The maximum absolute atomic E-state index is 8.94. The van der Waals surface area contributed by atoms with Gasteiger partial charge in [0.05, 0.1) is 0 Å². The van der Waals surface area contributed by atoms with E-state index in [4.69, 9.17) is 16.0 Å². The molecular formula is H6AsMoNO4. The molecule has 0 aromatic carbocycles. The fraction of sp³-hybridized carbons (Fsp3) is 0. The van der Waals surface area contributed by atoms with Crippen LogP contribution in [0.3, 0.4) is 0 Å². The van der Waals surface area contributed by atoms with Gasteiger partial charge in [-0.3, -0.25) is 0 Å². The summed E-state index contributed by atoms with van der Waals surface area (Å²) in [4.78, 5) is 0. The van der Waals surface area contributed by atoms with Crippen LogP contribution in [0.5, 0.6) is 0 Å². The van der Waals surface area contributed by atoms with Gasteiger partial charge in [0.15, 0.2) is 0 Å². The minimum atomic E-state index is -5.12. The van der Waals surface area contributed by atoms with E-state index in [1.807, 2.05) is 0 Å². The molecule has 6 N–H and O–H groups in total. The van der Waals surface area contributed by atoms with Gasteiger partial charge < -0.3 is 6.15 Å². The van der Waals surface area contributed by atoms with E-state index in [9.17, 15) is 0 Å². The van der Waals surface area contributed by atoms with E-state index in [-0.39, 0.29) is 27.2 Å². The number of hydrogen-bond acceptors (Lipinski definition) is 2. The predicted molar refractivity (Wildman–Crippen MR) is 18.1 cm³/mol. The summed E-state index contributed by atoms with van der Waals surface area (Å²) in [5, 5.41) is 0. The molecule has 46 valence electrons. The Morgan fingerprint density at radius 3 is 1.14 bits per heavy atom. The maximum Gasteiger partial charge on any atom is 0 e. The molecule has 0 aromatic rings. The largest absolute Gasteiger partial charge is 0 e. The van der Waals surface area contributed by atoms with Crippen LogP contribution in [0, 0.1) is 0 Å². The van der Waals surface area contributed by atoms with E-state index < -0.39 is 14.5 Å². The molecule has 0 fully saturated rings. The molecule has 0 unspecified atom stereocenters. The van der Waals surface area contributed by atoms with Gasteiger partial charge in [-0.15, -0.1) is 0 Å². The van der Waals surface area contributed by atoms with Crippen molar-refractivity contribution >= 4 is 14.5 Å². The van der Waals surface area contributed by atoms with Crippen LogP contribution in [0.1, 0.15) is 0 Å². The summed E-state index contributed by atoms with van der Waals surface area (Å²) in [5.74, 6) is 0. The van der Waals surface area contributed by atoms with Gasteiger partial charge in [0.25, 0.3) is 0 Å². The predicted octanol–water partition coefficient (Wildman–Crippen LogP) is -2.01. The molecule has 5 nitrogen and oxygen atoms in total. The molecule has 0 spiro atoms. The molecule has 0 saturated heterocycles. The van der Waals surface area contributed by atoms with E-state index in [0.717, 1.165) is 0 Å². The molecule has 0 saturated carbocycles. The SMILES string of the molecule is N.O=[As](O)(O)O.[Mo]. The first-order valence-corrected chi connectivity index (χ1v) is 4.07. The Balaban J connectivity index is -0.0000000800. The topological polar surface area (TPSA) is 113 Å². The van der Waals surface area contributed by atoms with Crippen molar-refractivity contribution in [2.24, 2.45) is 0 Å². The molecule has 0 heterocycles. The van der Waals surface area contributed by atoms with Crippen molar-refractivity contribution < 1.29 is 37.1 Å². The van der Waals surface area contributed by atoms with Gasteiger partial charge in [-0.25, -0.2) is 0 Å². The minimum absolute atomic E-state index is 0. The van der Waals surface area contributed by atoms with Crippen molar-refractivity contribution in [1.82, 2.24) is 6.15 Å². The summed E-state index contributed by atoms with van der Waals surface area (Å²) in [5.41, 5.74) is 0. The van der Waals surface area contributed by atoms with Crippen LogP contribution in [0.4, 0.5) is 0 Å². The zero-order chi connectivity index (χ0) is 4.50. The Hall–Kier alpha value is 0.887. The van der Waals surface area contributed by atoms with Crippen molar-refractivity contribution in [3.8, 4) is 0 Å². The first-order chi connectivity index (χ1) is 2.00. The molecule has 0 aliphatic carbocycles. The zero-order valence-electron chi connectivity index (χ0n) is 3.31. The smallest absolute Gasteiger partial charge is 0 e. The fourth-order valence-corrected chi connectivity index (χ4v) is 0. The Morgan fingerprint density at radius 2 is 1.14 bits per heavy atom. The first-order valence-electron chi connectivity index (χ1n) is 0.783. The summed E-state index contributed by atoms with van der Waals surface area (Å²) >= 11 is -5.12. The molecule has 7 heteroatoms. The summed E-state index contributed by atoms with van der Waals surface area (Å²) < 4.78 is 30.7. The van der Waals surface area contributed by atoms with E-state index >= 15 is 0 Å². The minimum Gasteiger partial charge on any atom is 0 e. The zero-order valence-corrected chi connectivity index (χ0v) is 7.20. The monoisotopic (exact) mass is 257 g/mol. The molecule has 0 bridgehead atoms. The van der Waals surface area contributed by atoms with Gasteiger partial charge >= 0.3 is 30.5 Å². The molecule has 0 aliphatic rings. The Morgan fingerprint density at radius 1 is 1.14 bits per heavy atom. The quantitative estimate of drug-likeness (QED) is 0.373. The van der Waals surface area contributed by atoms with Crippen LogP contribution < -0.4 is 6.15 Å². The standard InChI is InChI=1S/AsH3O4.Mo.H3N/c2-1(3,4)5;;/h(H3,2,3,4,5);;1H3. The van der Waals surface area contributed by atoms with Crippen molar-refractivity contribution in [3.05, 3.63) is 0 Å².